The van der Waals surface area contributed by atoms with Gasteiger partial charge in [-0.25, -0.2) is 13.4 Å². The molecule has 1 unspecified atom stereocenters. The second-order valence-electron chi connectivity index (χ2n) is 9.22. The van der Waals surface area contributed by atoms with Gasteiger partial charge in [0.25, 0.3) is 5.91 Å². The maximum Gasteiger partial charge on any atom is 0.280 e. The van der Waals surface area contributed by atoms with E-state index in [-0.39, 0.29) is 10.9 Å². The van der Waals surface area contributed by atoms with E-state index in [0.717, 1.165) is 40.6 Å². The van der Waals surface area contributed by atoms with E-state index in [1.165, 1.54) is 28.5 Å². The largest absolute Gasteiger partial charge is 0.280 e. The molecule has 0 N–H and O–H groups in total. The van der Waals surface area contributed by atoms with Crippen molar-refractivity contribution in [3.63, 3.8) is 0 Å². The van der Waals surface area contributed by atoms with Crippen LogP contribution in [0.15, 0.2) is 82.8 Å². The van der Waals surface area contributed by atoms with Gasteiger partial charge in [0, 0.05) is 18.2 Å². The Bertz CT molecular complexity index is 1550. The molecule has 1 aromatic heterocycles. The number of hydrazone groups is 1. The summed E-state index contributed by atoms with van der Waals surface area (Å²) in [6, 6.07) is 21.5. The van der Waals surface area contributed by atoms with Gasteiger partial charge in [0.2, 0.25) is 15.2 Å². The molecule has 1 aliphatic heterocycles. The fraction of sp³-hybridized carbons (Fsp3) is 0.250. The zero-order chi connectivity index (χ0) is 26.0. The third kappa shape index (κ3) is 5.34. The molecule has 1 aliphatic rings. The molecule has 4 aromatic rings. The number of aromatic nitrogens is 1. The number of fused-ring (bicyclic) bond motifs is 1. The van der Waals surface area contributed by atoms with Gasteiger partial charge in [0.05, 0.1) is 21.3 Å². The fourth-order valence-corrected chi connectivity index (χ4v) is 7.14. The predicted molar refractivity (Wildman–Crippen MR) is 149 cm³/mol. The Kier molecular flexibility index (Phi) is 7.19. The van der Waals surface area contributed by atoms with Gasteiger partial charge in [-0.15, -0.1) is 0 Å². The molecule has 1 amide bonds. The summed E-state index contributed by atoms with van der Waals surface area (Å²) in [6.07, 6.45) is 4.36. The van der Waals surface area contributed by atoms with Gasteiger partial charge in [-0.3, -0.25) is 4.79 Å². The molecule has 9 heteroatoms. The van der Waals surface area contributed by atoms with Crippen LogP contribution in [0.2, 0.25) is 0 Å². The minimum absolute atomic E-state index is 0.0365. The molecule has 1 saturated heterocycles. The van der Waals surface area contributed by atoms with Gasteiger partial charge >= 0.3 is 0 Å². The third-order valence-corrected chi connectivity index (χ3v) is 9.50. The van der Waals surface area contributed by atoms with E-state index in [2.05, 4.69) is 10.1 Å². The van der Waals surface area contributed by atoms with Crippen LogP contribution in [0.5, 0.6) is 0 Å². The molecule has 37 heavy (non-hydrogen) atoms. The number of piperidine rings is 1. The van der Waals surface area contributed by atoms with Crippen molar-refractivity contribution in [1.29, 1.82) is 0 Å². The Morgan fingerprint density at radius 1 is 1.08 bits per heavy atom. The normalized spacial score (nSPS) is 16.9. The Morgan fingerprint density at radius 2 is 1.84 bits per heavy atom. The third-order valence-electron chi connectivity index (χ3n) is 6.48. The van der Waals surface area contributed by atoms with E-state index in [1.807, 2.05) is 62.4 Å². The first-order valence-electron chi connectivity index (χ1n) is 12.3. The standard InChI is InChI=1S/C28H28N4O3S2/c1-20-11-16-25-26(18-20)36-28(30-25)32(29-19-22-9-4-3-5-10-22)27(33)23-12-14-24(15-13-23)37(34,35)31-17-7-6-8-21(31)2/h3-5,9-16,18-19,21H,6-8,17H2,1-2H3/b29-19+. The highest BCUT2D eigenvalue weighted by atomic mass is 32.2. The number of aryl methyl sites for hydroxylation is 1. The van der Waals surface area contributed by atoms with Gasteiger partial charge in [0.1, 0.15) is 0 Å². The first-order chi connectivity index (χ1) is 17.8. The van der Waals surface area contributed by atoms with Crippen LogP contribution in [0.25, 0.3) is 10.2 Å². The van der Waals surface area contributed by atoms with Crippen LogP contribution in [0.1, 0.15) is 47.7 Å². The van der Waals surface area contributed by atoms with Crippen molar-refractivity contribution in [3.05, 3.63) is 89.5 Å². The maximum absolute atomic E-state index is 13.6. The number of hydrogen-bond donors (Lipinski definition) is 0. The number of carbonyl (C=O) groups is 1. The Labute approximate surface area is 221 Å². The zero-order valence-electron chi connectivity index (χ0n) is 20.7. The fourth-order valence-electron chi connectivity index (χ4n) is 4.42. The van der Waals surface area contributed by atoms with Crippen LogP contribution >= 0.6 is 11.3 Å². The SMILES string of the molecule is Cc1ccc2nc(N(/N=C/c3ccccc3)C(=O)c3ccc(S(=O)(=O)N4CCCCC4C)cc3)sc2c1. The Balaban J connectivity index is 1.47. The second-order valence-corrected chi connectivity index (χ2v) is 12.1. The zero-order valence-corrected chi connectivity index (χ0v) is 22.4. The van der Waals surface area contributed by atoms with Crippen molar-refractivity contribution in [2.45, 2.75) is 44.0 Å². The summed E-state index contributed by atoms with van der Waals surface area (Å²) >= 11 is 1.38. The van der Waals surface area contributed by atoms with Crippen molar-refractivity contribution < 1.29 is 13.2 Å². The monoisotopic (exact) mass is 532 g/mol. The van der Waals surface area contributed by atoms with Crippen molar-refractivity contribution >= 4 is 48.8 Å². The summed E-state index contributed by atoms with van der Waals surface area (Å²) in [4.78, 5) is 18.5. The van der Waals surface area contributed by atoms with Gasteiger partial charge in [0.15, 0.2) is 0 Å². The lowest BCUT2D eigenvalue weighted by atomic mass is 10.1. The number of benzene rings is 3. The summed E-state index contributed by atoms with van der Waals surface area (Å²) in [6.45, 7) is 4.47. The molecule has 0 radical (unpaired) electrons. The summed E-state index contributed by atoms with van der Waals surface area (Å²) in [5.41, 5.74) is 3.06. The molecular formula is C28H28N4O3S2. The molecule has 1 fully saturated rings. The summed E-state index contributed by atoms with van der Waals surface area (Å²) in [5.74, 6) is -0.391. The Morgan fingerprint density at radius 3 is 2.57 bits per heavy atom. The van der Waals surface area contributed by atoms with E-state index in [0.29, 0.717) is 17.2 Å². The number of thiazole rings is 1. The number of anilines is 1. The van der Waals surface area contributed by atoms with Crippen molar-refractivity contribution in [1.82, 2.24) is 9.29 Å². The lowest BCUT2D eigenvalue weighted by Crippen LogP contribution is -2.41. The highest BCUT2D eigenvalue weighted by Crippen LogP contribution is 2.31. The quantitative estimate of drug-likeness (QED) is 0.230. The molecule has 2 heterocycles. The topological polar surface area (TPSA) is 82.9 Å². The van der Waals surface area contributed by atoms with Gasteiger partial charge in [-0.2, -0.15) is 14.4 Å². The van der Waals surface area contributed by atoms with Crippen LogP contribution in [-0.4, -0.2) is 42.4 Å². The minimum atomic E-state index is -3.63. The number of amides is 1. The highest BCUT2D eigenvalue weighted by Gasteiger charge is 2.31. The van der Waals surface area contributed by atoms with Crippen molar-refractivity contribution in [2.24, 2.45) is 5.10 Å². The Hall–Kier alpha value is -3.40. The average molecular weight is 533 g/mol. The van der Waals surface area contributed by atoms with E-state index in [9.17, 15) is 13.2 Å². The summed E-state index contributed by atoms with van der Waals surface area (Å²) in [7, 11) is -3.63. The van der Waals surface area contributed by atoms with Gasteiger partial charge in [-0.1, -0.05) is 54.2 Å². The van der Waals surface area contributed by atoms with E-state index < -0.39 is 15.9 Å². The second kappa shape index (κ2) is 10.5. The smallest absolute Gasteiger partial charge is 0.267 e. The predicted octanol–water partition coefficient (Wildman–Crippen LogP) is 5.85. The maximum atomic E-state index is 13.6. The first kappa shape index (κ1) is 25.3. The lowest BCUT2D eigenvalue weighted by molar-refractivity contribution is 0.0987. The number of hydrogen-bond acceptors (Lipinski definition) is 6. The number of rotatable bonds is 6. The molecule has 0 aliphatic carbocycles. The molecular weight excluding hydrogens is 504 g/mol. The van der Waals surface area contributed by atoms with Gasteiger partial charge in [-0.05, 0) is 74.2 Å². The van der Waals surface area contributed by atoms with Crippen LogP contribution in [0, 0.1) is 6.92 Å². The number of nitrogens with zero attached hydrogens (tertiary/aromatic N) is 4. The lowest BCUT2D eigenvalue weighted by Gasteiger charge is -2.32. The summed E-state index contributed by atoms with van der Waals surface area (Å²) in [5, 5.41) is 6.22. The molecule has 0 saturated carbocycles. The molecule has 0 spiro atoms. The molecule has 5 rings (SSSR count). The van der Waals surface area contributed by atoms with Crippen molar-refractivity contribution in [2.75, 3.05) is 11.6 Å². The van der Waals surface area contributed by atoms with Gasteiger partial charge < -0.3 is 0 Å². The highest BCUT2D eigenvalue weighted by molar-refractivity contribution is 7.89. The van der Waals surface area contributed by atoms with E-state index in [4.69, 9.17) is 0 Å². The molecule has 1 atom stereocenters. The average Bonchev–Trinajstić information content (AvgIpc) is 3.32. The van der Waals surface area contributed by atoms with Crippen LogP contribution in [-0.2, 0) is 10.0 Å². The number of carbonyl (C=O) groups excluding carboxylic acids is 1. The molecule has 7 nitrogen and oxygen atoms in total. The molecule has 190 valence electrons. The van der Waals surface area contributed by atoms with Crippen LogP contribution < -0.4 is 5.01 Å². The molecule has 0 bridgehead atoms. The van der Waals surface area contributed by atoms with E-state index in [1.54, 1.807) is 22.7 Å². The number of sulfonamides is 1. The first-order valence-corrected chi connectivity index (χ1v) is 14.5. The minimum Gasteiger partial charge on any atom is -0.267 e. The van der Waals surface area contributed by atoms with Crippen LogP contribution in [0.3, 0.4) is 0 Å². The van der Waals surface area contributed by atoms with E-state index >= 15 is 0 Å². The summed E-state index contributed by atoms with van der Waals surface area (Å²) < 4.78 is 29.0. The van der Waals surface area contributed by atoms with Crippen molar-refractivity contribution in [3.8, 4) is 0 Å². The van der Waals surface area contributed by atoms with Crippen LogP contribution in [0.4, 0.5) is 5.13 Å². The molecule has 3 aromatic carbocycles.